The van der Waals surface area contributed by atoms with Gasteiger partial charge in [0, 0.05) is 13.1 Å². The largest absolute Gasteiger partial charge is 0.493 e. The van der Waals surface area contributed by atoms with Gasteiger partial charge in [-0.05, 0) is 37.2 Å². The van der Waals surface area contributed by atoms with Crippen molar-refractivity contribution in [2.24, 2.45) is 11.1 Å². The Morgan fingerprint density at radius 1 is 1.29 bits per heavy atom. The number of hydrogen-bond donors (Lipinski definition) is 2. The summed E-state index contributed by atoms with van der Waals surface area (Å²) in [7, 11) is 5.59. The van der Waals surface area contributed by atoms with Gasteiger partial charge in [0.1, 0.15) is 6.61 Å². The number of amides is 1. The van der Waals surface area contributed by atoms with Crippen LogP contribution in [0.4, 0.5) is 0 Å². The molecule has 0 heterocycles. The summed E-state index contributed by atoms with van der Waals surface area (Å²) in [6, 6.07) is 5.09. The van der Waals surface area contributed by atoms with Crippen molar-refractivity contribution in [2.75, 3.05) is 34.4 Å². The Balaban J connectivity index is 2.65. The second-order valence-corrected chi connectivity index (χ2v) is 7.20. The third-order valence-electron chi connectivity index (χ3n) is 3.71. The van der Waals surface area contributed by atoms with Crippen molar-refractivity contribution < 1.29 is 14.3 Å². The molecule has 0 aliphatic heterocycles. The van der Waals surface area contributed by atoms with E-state index in [1.165, 1.54) is 0 Å². The van der Waals surface area contributed by atoms with Crippen LogP contribution < -0.4 is 20.5 Å². The summed E-state index contributed by atoms with van der Waals surface area (Å²) in [6.45, 7) is 7.64. The number of hydrogen-bond acceptors (Lipinski definition) is 5. The molecule has 0 aromatic heterocycles. The Bertz CT molecular complexity index is 539. The number of benzene rings is 1. The van der Waals surface area contributed by atoms with Crippen LogP contribution in [-0.2, 0) is 11.3 Å². The van der Waals surface area contributed by atoms with Gasteiger partial charge in [0.15, 0.2) is 11.5 Å². The first-order valence-corrected chi connectivity index (χ1v) is 8.13. The highest BCUT2D eigenvalue weighted by Crippen LogP contribution is 2.28. The molecule has 6 heteroatoms. The number of carbonyl (C=O) groups excluding carboxylic acids is 1. The number of nitrogens with zero attached hydrogens (tertiary/aromatic N) is 1. The lowest BCUT2D eigenvalue weighted by Crippen LogP contribution is -2.48. The minimum absolute atomic E-state index is 0.159. The fourth-order valence-corrected chi connectivity index (χ4v) is 1.97. The highest BCUT2D eigenvalue weighted by atomic mass is 16.5. The molecular formula is C18H31N3O3. The lowest BCUT2D eigenvalue weighted by atomic mass is 9.87. The Labute approximate surface area is 145 Å². The summed E-state index contributed by atoms with van der Waals surface area (Å²) < 4.78 is 11.1. The van der Waals surface area contributed by atoms with Gasteiger partial charge in [-0.25, -0.2) is 0 Å². The van der Waals surface area contributed by atoms with Gasteiger partial charge >= 0.3 is 0 Å². The average molecular weight is 337 g/mol. The number of nitrogens with two attached hydrogens (primary N) is 1. The predicted octanol–water partition coefficient (Wildman–Crippen LogP) is 1.63. The molecule has 6 nitrogen and oxygen atoms in total. The van der Waals surface area contributed by atoms with E-state index in [0.29, 0.717) is 24.7 Å². The van der Waals surface area contributed by atoms with Crippen molar-refractivity contribution in [3.8, 4) is 11.5 Å². The van der Waals surface area contributed by atoms with Gasteiger partial charge in [0.25, 0.3) is 0 Å². The molecule has 0 saturated heterocycles. The van der Waals surface area contributed by atoms with Crippen molar-refractivity contribution >= 4 is 5.91 Å². The van der Waals surface area contributed by atoms with E-state index in [1.54, 1.807) is 7.11 Å². The number of likely N-dealkylation sites (N-methyl/N-ethyl adjacent to an activating group) is 1. The SMILES string of the molecule is COc1cc(CNC(=O)[C@@H](N)C(C)(C)C)ccc1OCCN(C)C. The first kappa shape index (κ1) is 20.3. The van der Waals surface area contributed by atoms with Gasteiger partial charge < -0.3 is 25.4 Å². The van der Waals surface area contributed by atoms with Crippen molar-refractivity contribution in [3.63, 3.8) is 0 Å². The molecule has 1 rings (SSSR count). The standard InChI is InChI=1S/C18H31N3O3/c1-18(2,3)16(19)17(22)20-12-13-7-8-14(15(11-13)23-6)24-10-9-21(4)5/h7-8,11,16H,9-10,12,19H2,1-6H3,(H,20,22)/t16-/m1/s1. The summed E-state index contributed by atoms with van der Waals surface area (Å²) in [6.07, 6.45) is 0. The monoisotopic (exact) mass is 337 g/mol. The molecule has 1 aromatic rings. The number of methoxy groups -OCH3 is 1. The van der Waals surface area contributed by atoms with Crippen LogP contribution in [-0.4, -0.2) is 51.2 Å². The second kappa shape index (κ2) is 8.89. The molecule has 0 fully saturated rings. The maximum absolute atomic E-state index is 12.1. The van der Waals surface area contributed by atoms with Crippen LogP contribution in [0.3, 0.4) is 0 Å². The Kier molecular flexibility index (Phi) is 7.51. The van der Waals surface area contributed by atoms with Gasteiger partial charge in [-0.2, -0.15) is 0 Å². The molecule has 1 atom stereocenters. The van der Waals surface area contributed by atoms with Crippen molar-refractivity contribution in [1.82, 2.24) is 10.2 Å². The van der Waals surface area contributed by atoms with Gasteiger partial charge in [0.05, 0.1) is 13.2 Å². The van der Waals surface area contributed by atoms with Crippen LogP contribution in [0.25, 0.3) is 0 Å². The second-order valence-electron chi connectivity index (χ2n) is 7.20. The summed E-state index contributed by atoms with van der Waals surface area (Å²) in [5, 5.41) is 2.87. The van der Waals surface area contributed by atoms with E-state index in [9.17, 15) is 4.79 Å². The molecule has 0 aliphatic rings. The summed E-state index contributed by atoms with van der Waals surface area (Å²) in [4.78, 5) is 14.1. The third kappa shape index (κ3) is 6.37. The van der Waals surface area contributed by atoms with Gasteiger partial charge in [-0.1, -0.05) is 26.8 Å². The van der Waals surface area contributed by atoms with Crippen LogP contribution in [0.2, 0.25) is 0 Å². The highest BCUT2D eigenvalue weighted by Gasteiger charge is 2.27. The van der Waals surface area contributed by atoms with Crippen molar-refractivity contribution in [1.29, 1.82) is 0 Å². The lowest BCUT2D eigenvalue weighted by Gasteiger charge is -2.25. The van der Waals surface area contributed by atoms with E-state index < -0.39 is 6.04 Å². The predicted molar refractivity (Wildman–Crippen MR) is 96.3 cm³/mol. The molecule has 1 aromatic carbocycles. The maximum atomic E-state index is 12.1. The number of rotatable bonds is 8. The van der Waals surface area contributed by atoms with E-state index in [4.69, 9.17) is 15.2 Å². The molecule has 0 radical (unpaired) electrons. The lowest BCUT2D eigenvalue weighted by molar-refractivity contribution is -0.124. The molecule has 24 heavy (non-hydrogen) atoms. The Morgan fingerprint density at radius 3 is 2.50 bits per heavy atom. The minimum Gasteiger partial charge on any atom is -0.493 e. The molecular weight excluding hydrogens is 306 g/mol. The van der Waals surface area contributed by atoms with Crippen LogP contribution in [0.15, 0.2) is 18.2 Å². The number of ether oxygens (including phenoxy) is 2. The van der Waals surface area contributed by atoms with Crippen LogP contribution >= 0.6 is 0 Å². The fraction of sp³-hybridized carbons (Fsp3) is 0.611. The normalized spacial score (nSPS) is 12.8. The number of carbonyl (C=O) groups is 1. The van der Waals surface area contributed by atoms with Crippen molar-refractivity contribution in [3.05, 3.63) is 23.8 Å². The highest BCUT2D eigenvalue weighted by molar-refractivity contribution is 5.82. The zero-order valence-electron chi connectivity index (χ0n) is 15.7. The molecule has 3 N–H and O–H groups in total. The minimum atomic E-state index is -0.548. The molecule has 0 aliphatic carbocycles. The van der Waals surface area contributed by atoms with Gasteiger partial charge in [-0.3, -0.25) is 4.79 Å². The van der Waals surface area contributed by atoms with Crippen LogP contribution in [0.1, 0.15) is 26.3 Å². The van der Waals surface area contributed by atoms with E-state index >= 15 is 0 Å². The molecule has 0 unspecified atom stereocenters. The fourth-order valence-electron chi connectivity index (χ4n) is 1.97. The molecule has 0 spiro atoms. The maximum Gasteiger partial charge on any atom is 0.237 e. The number of nitrogens with one attached hydrogen (secondary N) is 1. The molecule has 0 saturated carbocycles. The summed E-state index contributed by atoms with van der Waals surface area (Å²) >= 11 is 0. The zero-order valence-corrected chi connectivity index (χ0v) is 15.7. The molecule has 1 amide bonds. The van der Waals surface area contributed by atoms with Gasteiger partial charge in [-0.15, -0.1) is 0 Å². The van der Waals surface area contributed by atoms with Crippen LogP contribution in [0, 0.1) is 5.41 Å². The summed E-state index contributed by atoms with van der Waals surface area (Å²) in [5.41, 5.74) is 6.62. The quantitative estimate of drug-likeness (QED) is 0.754. The van der Waals surface area contributed by atoms with E-state index in [1.807, 2.05) is 53.1 Å². The average Bonchev–Trinajstić information content (AvgIpc) is 2.51. The molecule has 0 bridgehead atoms. The zero-order chi connectivity index (χ0) is 18.3. The van der Waals surface area contributed by atoms with E-state index in [-0.39, 0.29) is 11.3 Å². The van der Waals surface area contributed by atoms with Crippen molar-refractivity contribution in [2.45, 2.75) is 33.4 Å². The summed E-state index contributed by atoms with van der Waals surface area (Å²) in [5.74, 6) is 1.19. The topological polar surface area (TPSA) is 76.8 Å². The van der Waals surface area contributed by atoms with E-state index in [0.717, 1.165) is 12.1 Å². The first-order chi connectivity index (χ1) is 11.1. The Hall–Kier alpha value is -1.79. The van der Waals surface area contributed by atoms with Crippen LogP contribution in [0.5, 0.6) is 11.5 Å². The van der Waals surface area contributed by atoms with E-state index in [2.05, 4.69) is 10.2 Å². The smallest absolute Gasteiger partial charge is 0.237 e. The Morgan fingerprint density at radius 2 is 1.96 bits per heavy atom. The third-order valence-corrected chi connectivity index (χ3v) is 3.71. The molecule has 136 valence electrons. The van der Waals surface area contributed by atoms with Gasteiger partial charge in [0.2, 0.25) is 5.91 Å². The first-order valence-electron chi connectivity index (χ1n) is 8.13.